The summed E-state index contributed by atoms with van der Waals surface area (Å²) in [6, 6.07) is 0. The Morgan fingerprint density at radius 2 is 0.622 bits per heavy atom. The van der Waals surface area contributed by atoms with Gasteiger partial charge in [0.05, 0.1) is 0 Å². The van der Waals surface area contributed by atoms with Crippen molar-refractivity contribution in [2.24, 2.45) is 11.7 Å². The van der Waals surface area contributed by atoms with Crippen LogP contribution < -0.4 is 5.73 Å². The highest BCUT2D eigenvalue weighted by Crippen LogP contribution is 2.35. The molecule has 0 aromatic rings. The van der Waals surface area contributed by atoms with E-state index in [2.05, 4.69) is 27.7 Å². The van der Waals surface area contributed by atoms with Crippen molar-refractivity contribution in [1.29, 1.82) is 0 Å². The normalized spacial score (nSPS) is 12.6. The Hall–Kier alpha value is 0.440. The van der Waals surface area contributed by atoms with E-state index in [-0.39, 0.29) is 22.5 Å². The molecule has 0 spiro atoms. The molecule has 0 rings (SSSR count). The molecule has 0 aliphatic carbocycles. The predicted octanol–water partition coefficient (Wildman–Crippen LogP) is 13.3. The molecule has 1 atom stereocenters. The quantitative estimate of drug-likeness (QED) is 0.0830. The Bertz CT molecular complexity index is 396. The molecule has 0 bridgehead atoms. The molecule has 0 aromatic heterocycles. The summed E-state index contributed by atoms with van der Waals surface area (Å²) in [5, 5.41) is 0. The SMILES string of the molecule is Br.CCCCCCCCCCCCC(CCCCCCC)C(N)(CCCCCCC)CCCCCCC. The summed E-state index contributed by atoms with van der Waals surface area (Å²) < 4.78 is 0. The van der Waals surface area contributed by atoms with E-state index >= 15 is 0 Å². The van der Waals surface area contributed by atoms with Gasteiger partial charge in [-0.05, 0) is 31.6 Å². The average Bonchev–Trinajstić information content (AvgIpc) is 2.88. The number of rotatable bonds is 30. The van der Waals surface area contributed by atoms with Gasteiger partial charge >= 0.3 is 0 Å². The molecular weight excluding hydrogens is 514 g/mol. The number of halogens is 1. The molecular formula is C35H74BrN. The zero-order valence-electron chi connectivity index (χ0n) is 26.6. The van der Waals surface area contributed by atoms with E-state index in [1.807, 2.05) is 0 Å². The molecule has 0 aliphatic rings. The molecule has 0 aliphatic heterocycles. The Labute approximate surface area is 247 Å². The van der Waals surface area contributed by atoms with Gasteiger partial charge in [-0.2, -0.15) is 0 Å². The van der Waals surface area contributed by atoms with Crippen LogP contribution in [0.15, 0.2) is 0 Å². The van der Waals surface area contributed by atoms with E-state index in [0.717, 1.165) is 5.92 Å². The van der Waals surface area contributed by atoms with E-state index in [1.165, 1.54) is 186 Å². The Kier molecular flexibility index (Phi) is 33.1. The second kappa shape index (κ2) is 31.0. The van der Waals surface area contributed by atoms with Crippen molar-refractivity contribution in [3.8, 4) is 0 Å². The van der Waals surface area contributed by atoms with Crippen LogP contribution in [0, 0.1) is 5.92 Å². The van der Waals surface area contributed by atoms with E-state index in [4.69, 9.17) is 5.73 Å². The second-order valence-electron chi connectivity index (χ2n) is 12.4. The minimum Gasteiger partial charge on any atom is -0.325 e. The van der Waals surface area contributed by atoms with Crippen LogP contribution in [0.25, 0.3) is 0 Å². The van der Waals surface area contributed by atoms with E-state index in [0.29, 0.717) is 0 Å². The summed E-state index contributed by atoms with van der Waals surface area (Å²) in [6.45, 7) is 9.29. The van der Waals surface area contributed by atoms with Crippen molar-refractivity contribution in [3.05, 3.63) is 0 Å². The molecule has 1 nitrogen and oxygen atoms in total. The van der Waals surface area contributed by atoms with Gasteiger partial charge in [-0.15, -0.1) is 17.0 Å². The third kappa shape index (κ3) is 25.2. The number of unbranched alkanes of at least 4 members (excludes halogenated alkanes) is 21. The van der Waals surface area contributed by atoms with Crippen molar-refractivity contribution in [2.75, 3.05) is 0 Å². The van der Waals surface area contributed by atoms with Crippen LogP contribution in [0.2, 0.25) is 0 Å². The average molecular weight is 589 g/mol. The zero-order chi connectivity index (χ0) is 26.6. The van der Waals surface area contributed by atoms with Crippen LogP contribution in [0.3, 0.4) is 0 Å². The molecule has 0 fully saturated rings. The minimum absolute atomic E-state index is 0. The van der Waals surface area contributed by atoms with Crippen molar-refractivity contribution in [1.82, 2.24) is 0 Å². The van der Waals surface area contributed by atoms with Crippen molar-refractivity contribution >= 4 is 17.0 Å². The van der Waals surface area contributed by atoms with E-state index < -0.39 is 0 Å². The van der Waals surface area contributed by atoms with Crippen LogP contribution in [0.1, 0.15) is 214 Å². The number of hydrogen-bond donors (Lipinski definition) is 1. The molecule has 37 heavy (non-hydrogen) atoms. The van der Waals surface area contributed by atoms with Crippen LogP contribution in [-0.4, -0.2) is 5.54 Å². The summed E-state index contributed by atoms with van der Waals surface area (Å²) in [4.78, 5) is 0. The fourth-order valence-electron chi connectivity index (χ4n) is 6.24. The van der Waals surface area contributed by atoms with Crippen molar-refractivity contribution in [2.45, 2.75) is 219 Å². The maximum atomic E-state index is 7.43. The zero-order valence-corrected chi connectivity index (χ0v) is 28.3. The van der Waals surface area contributed by atoms with Gasteiger partial charge in [-0.3, -0.25) is 0 Å². The first-order valence-electron chi connectivity index (χ1n) is 17.4. The van der Waals surface area contributed by atoms with Crippen molar-refractivity contribution < 1.29 is 0 Å². The lowest BCUT2D eigenvalue weighted by atomic mass is 9.72. The Morgan fingerprint density at radius 1 is 0.378 bits per heavy atom. The maximum absolute atomic E-state index is 7.43. The lowest BCUT2D eigenvalue weighted by Crippen LogP contribution is -2.47. The predicted molar refractivity (Wildman–Crippen MR) is 177 cm³/mol. The van der Waals surface area contributed by atoms with E-state index in [9.17, 15) is 0 Å². The molecule has 0 amide bonds. The molecule has 0 saturated heterocycles. The molecule has 226 valence electrons. The van der Waals surface area contributed by atoms with Gasteiger partial charge in [0, 0.05) is 5.54 Å². The molecule has 2 heteroatoms. The summed E-state index contributed by atoms with van der Waals surface area (Å²) >= 11 is 0. The van der Waals surface area contributed by atoms with Gasteiger partial charge in [0.25, 0.3) is 0 Å². The molecule has 0 aromatic carbocycles. The first kappa shape index (κ1) is 39.6. The highest BCUT2D eigenvalue weighted by atomic mass is 79.9. The van der Waals surface area contributed by atoms with Crippen LogP contribution in [0.5, 0.6) is 0 Å². The summed E-state index contributed by atoms with van der Waals surface area (Å²) in [7, 11) is 0. The molecule has 0 radical (unpaired) electrons. The number of nitrogens with two attached hydrogens (primary N) is 1. The lowest BCUT2D eigenvalue weighted by molar-refractivity contribution is 0.189. The van der Waals surface area contributed by atoms with Gasteiger partial charge in [0.2, 0.25) is 0 Å². The van der Waals surface area contributed by atoms with Crippen LogP contribution >= 0.6 is 17.0 Å². The molecule has 0 saturated carbocycles. The number of hydrogen-bond acceptors (Lipinski definition) is 1. The summed E-state index contributed by atoms with van der Waals surface area (Å²) in [5.74, 6) is 0.755. The minimum atomic E-state index is 0. The van der Waals surface area contributed by atoms with Gasteiger partial charge in [0.15, 0.2) is 0 Å². The van der Waals surface area contributed by atoms with Gasteiger partial charge < -0.3 is 5.73 Å². The second-order valence-corrected chi connectivity index (χ2v) is 12.4. The monoisotopic (exact) mass is 588 g/mol. The standard InChI is InChI=1S/C35H73N.BrH/c1-5-9-13-17-18-19-20-21-23-27-31-34(30-26-22-14-10-6-2)35(36,32-28-24-15-11-7-3)33-29-25-16-12-8-4;/h34H,5-33,36H2,1-4H3;1H. The first-order valence-corrected chi connectivity index (χ1v) is 17.4. The highest BCUT2D eigenvalue weighted by molar-refractivity contribution is 8.93. The van der Waals surface area contributed by atoms with Crippen LogP contribution in [0.4, 0.5) is 0 Å². The first-order chi connectivity index (χ1) is 17.6. The smallest absolute Gasteiger partial charge is 0.0182 e. The largest absolute Gasteiger partial charge is 0.325 e. The highest BCUT2D eigenvalue weighted by Gasteiger charge is 2.33. The van der Waals surface area contributed by atoms with Gasteiger partial charge in [-0.25, -0.2) is 0 Å². The van der Waals surface area contributed by atoms with Crippen LogP contribution in [-0.2, 0) is 0 Å². The van der Waals surface area contributed by atoms with Gasteiger partial charge in [0.1, 0.15) is 0 Å². The maximum Gasteiger partial charge on any atom is 0.0182 e. The summed E-state index contributed by atoms with van der Waals surface area (Å²) in [5.41, 5.74) is 7.53. The topological polar surface area (TPSA) is 26.0 Å². The van der Waals surface area contributed by atoms with Gasteiger partial charge in [-0.1, -0.05) is 188 Å². The third-order valence-electron chi connectivity index (χ3n) is 8.87. The Morgan fingerprint density at radius 3 is 0.919 bits per heavy atom. The fourth-order valence-corrected chi connectivity index (χ4v) is 6.24. The molecule has 2 N–H and O–H groups in total. The fraction of sp³-hybridized carbons (Fsp3) is 1.00. The lowest BCUT2D eigenvalue weighted by Gasteiger charge is -2.39. The Balaban J connectivity index is 0. The van der Waals surface area contributed by atoms with E-state index in [1.54, 1.807) is 0 Å². The molecule has 0 heterocycles. The van der Waals surface area contributed by atoms with Crippen molar-refractivity contribution in [3.63, 3.8) is 0 Å². The summed E-state index contributed by atoms with van der Waals surface area (Å²) in [6.07, 6.45) is 40.5. The molecule has 1 unspecified atom stereocenters. The third-order valence-corrected chi connectivity index (χ3v) is 8.87.